The second kappa shape index (κ2) is 13.1. The van der Waals surface area contributed by atoms with E-state index in [1.807, 2.05) is 18.2 Å². The Balaban J connectivity index is 0.000000145. The molecule has 0 amide bonds. The van der Waals surface area contributed by atoms with E-state index in [2.05, 4.69) is 115 Å². The summed E-state index contributed by atoms with van der Waals surface area (Å²) in [5.41, 5.74) is 5.51. The van der Waals surface area contributed by atoms with Gasteiger partial charge in [0.05, 0.1) is 0 Å². The van der Waals surface area contributed by atoms with Crippen LogP contribution in [0.2, 0.25) is 0 Å². The first-order valence-electron chi connectivity index (χ1n) is 10.6. The van der Waals surface area contributed by atoms with Crippen molar-refractivity contribution in [3.05, 3.63) is 145 Å². The summed E-state index contributed by atoms with van der Waals surface area (Å²) in [6.45, 7) is 0. The fraction of sp³-hybridized carbons (Fsp3) is 0.0667. The van der Waals surface area contributed by atoms with Gasteiger partial charge in [-0.25, -0.2) is 12.2 Å². The molecule has 0 aromatic heterocycles. The van der Waals surface area contributed by atoms with Crippen LogP contribution in [0, 0.1) is 12.1 Å². The van der Waals surface area contributed by atoms with Gasteiger partial charge in [0.1, 0.15) is 9.52 Å². The van der Waals surface area contributed by atoms with Crippen molar-refractivity contribution in [2.75, 3.05) is 0 Å². The molecular weight excluding hydrogens is 480 g/mol. The third-order valence-electron chi connectivity index (χ3n) is 5.13. The van der Waals surface area contributed by atoms with Crippen LogP contribution in [0.15, 0.2) is 121 Å². The van der Waals surface area contributed by atoms with Crippen LogP contribution in [0.3, 0.4) is 0 Å². The minimum atomic E-state index is 0. The molecule has 4 aromatic carbocycles. The molecular formula is C30H25SiZr. The molecule has 1 radical (unpaired) electrons. The predicted octanol–water partition coefficient (Wildman–Crippen LogP) is 5.44. The van der Waals surface area contributed by atoms with Gasteiger partial charge in [0.25, 0.3) is 0 Å². The molecule has 0 saturated carbocycles. The van der Waals surface area contributed by atoms with Crippen LogP contribution in [0.1, 0.15) is 17.5 Å². The predicted molar refractivity (Wildman–Crippen MR) is 134 cm³/mol. The van der Waals surface area contributed by atoms with Gasteiger partial charge in [0.2, 0.25) is 0 Å². The van der Waals surface area contributed by atoms with Crippen LogP contribution in [0.25, 0.3) is 11.1 Å². The summed E-state index contributed by atoms with van der Waals surface area (Å²) in [6, 6.07) is 39.4. The molecule has 0 atom stereocenters. The molecule has 2 heteroatoms. The van der Waals surface area contributed by atoms with Crippen LogP contribution in [0.4, 0.5) is 0 Å². The van der Waals surface area contributed by atoms with Gasteiger partial charge in [-0.2, -0.15) is 35.9 Å². The summed E-state index contributed by atoms with van der Waals surface area (Å²) in [7, 11) is 0.271. The van der Waals surface area contributed by atoms with E-state index in [0.717, 1.165) is 12.8 Å². The fourth-order valence-electron chi connectivity index (χ4n) is 3.63. The second-order valence-electron chi connectivity index (χ2n) is 7.37. The van der Waals surface area contributed by atoms with Crippen LogP contribution in [-0.4, -0.2) is 9.52 Å². The van der Waals surface area contributed by atoms with E-state index in [4.69, 9.17) is 0 Å². The van der Waals surface area contributed by atoms with Crippen molar-refractivity contribution in [2.45, 2.75) is 12.8 Å². The van der Waals surface area contributed by atoms with E-state index in [1.54, 1.807) is 0 Å². The van der Waals surface area contributed by atoms with E-state index < -0.39 is 0 Å². The van der Waals surface area contributed by atoms with E-state index in [-0.39, 0.29) is 35.7 Å². The van der Waals surface area contributed by atoms with E-state index in [0.29, 0.717) is 0 Å². The van der Waals surface area contributed by atoms with E-state index in [1.165, 1.54) is 32.6 Å². The Bertz CT molecular complexity index is 1060. The summed E-state index contributed by atoms with van der Waals surface area (Å²) in [4.78, 5) is 0. The number of allylic oxidation sites excluding steroid dienone is 4. The summed E-state index contributed by atoms with van der Waals surface area (Å²) >= 11 is 0. The topological polar surface area (TPSA) is 0 Å². The Morgan fingerprint density at radius 2 is 1.28 bits per heavy atom. The van der Waals surface area contributed by atoms with Gasteiger partial charge in [-0.05, 0) is 6.42 Å². The zero-order valence-electron chi connectivity index (χ0n) is 18.0. The summed E-state index contributed by atoms with van der Waals surface area (Å²) in [5.74, 6) is 0. The fourth-order valence-corrected chi connectivity index (χ4v) is 4.84. The number of hydrogen-bond acceptors (Lipinski definition) is 0. The van der Waals surface area contributed by atoms with Crippen LogP contribution in [-0.2, 0) is 32.6 Å². The maximum absolute atomic E-state index is 3.30. The molecule has 4 aromatic rings. The average molecular weight is 505 g/mol. The minimum Gasteiger partial charge on any atom is -0.273 e. The molecule has 32 heavy (non-hydrogen) atoms. The SMILES string of the molecule is [C-]1=CC=CC1.[Zr+2].[c-]1cccc2c1Cc1ccccc1-2.c1ccc([SiH]c2ccccc2)cc1. The molecule has 0 aliphatic heterocycles. The third-order valence-corrected chi connectivity index (χ3v) is 6.57. The normalized spacial score (nSPS) is 11.8. The molecule has 0 saturated heterocycles. The Morgan fingerprint density at radius 3 is 1.88 bits per heavy atom. The summed E-state index contributed by atoms with van der Waals surface area (Å²) in [5, 5.41) is 2.90. The van der Waals surface area contributed by atoms with Crippen molar-refractivity contribution < 1.29 is 26.2 Å². The first kappa shape index (κ1) is 24.1. The standard InChI is InChI=1S/C13H9.C12H11Si.C5H5.Zr/c1-3-7-12-10(5-1)9-11-6-2-4-8-13(11)12;1-3-7-11(8-4-1)13-12-9-5-2-6-10-12;1-2-4-5-3-1;/h1-5,7-8H,9H2;1-10,13H;1-3H,4H2;/q-1;;-1;+2. The van der Waals surface area contributed by atoms with Gasteiger partial charge in [-0.3, -0.25) is 6.08 Å². The molecule has 0 fully saturated rings. The van der Waals surface area contributed by atoms with Gasteiger partial charge < -0.3 is 0 Å². The van der Waals surface area contributed by atoms with Gasteiger partial charge in [-0.1, -0.05) is 106 Å². The molecule has 153 valence electrons. The van der Waals surface area contributed by atoms with E-state index in [9.17, 15) is 0 Å². The van der Waals surface area contributed by atoms with Crippen molar-refractivity contribution in [3.63, 3.8) is 0 Å². The van der Waals surface area contributed by atoms with Crippen molar-refractivity contribution in [1.82, 2.24) is 0 Å². The van der Waals surface area contributed by atoms with Crippen LogP contribution in [0.5, 0.6) is 0 Å². The van der Waals surface area contributed by atoms with E-state index >= 15 is 0 Å². The molecule has 2 aliphatic rings. The molecule has 0 N–H and O–H groups in total. The zero-order chi connectivity index (χ0) is 21.1. The monoisotopic (exact) mass is 503 g/mol. The molecule has 2 aliphatic carbocycles. The number of benzene rings is 4. The minimum absolute atomic E-state index is 0. The van der Waals surface area contributed by atoms with Gasteiger partial charge in [0.15, 0.2) is 0 Å². The van der Waals surface area contributed by atoms with Gasteiger partial charge >= 0.3 is 26.2 Å². The Labute approximate surface area is 213 Å². The zero-order valence-corrected chi connectivity index (χ0v) is 21.7. The van der Waals surface area contributed by atoms with Crippen LogP contribution >= 0.6 is 0 Å². The molecule has 6 rings (SSSR count). The molecule has 0 spiro atoms. The van der Waals surface area contributed by atoms with Crippen LogP contribution < -0.4 is 10.4 Å². The molecule has 0 nitrogen and oxygen atoms in total. The molecule has 0 heterocycles. The Kier molecular flexibility index (Phi) is 9.88. The summed E-state index contributed by atoms with van der Waals surface area (Å²) in [6.07, 6.45) is 11.0. The van der Waals surface area contributed by atoms with Crippen molar-refractivity contribution >= 4 is 19.9 Å². The Morgan fingerprint density at radius 1 is 0.656 bits per heavy atom. The molecule has 0 unspecified atom stereocenters. The first-order chi connectivity index (χ1) is 15.4. The van der Waals surface area contributed by atoms with Crippen molar-refractivity contribution in [2.24, 2.45) is 0 Å². The number of hydrogen-bond donors (Lipinski definition) is 0. The van der Waals surface area contributed by atoms with Crippen molar-refractivity contribution in [3.8, 4) is 11.1 Å². The smallest absolute Gasteiger partial charge is 0.273 e. The largest absolute Gasteiger partial charge is 2.00 e. The quantitative estimate of drug-likeness (QED) is 0.222. The maximum atomic E-state index is 3.30. The van der Waals surface area contributed by atoms with Gasteiger partial charge in [-0.15, -0.1) is 12.0 Å². The molecule has 0 bridgehead atoms. The first-order valence-corrected chi connectivity index (χ1v) is 11.8. The second-order valence-corrected chi connectivity index (χ2v) is 8.99. The third kappa shape index (κ3) is 6.99. The van der Waals surface area contributed by atoms with Gasteiger partial charge in [0, 0.05) is 0 Å². The number of fused-ring (bicyclic) bond motifs is 3. The number of rotatable bonds is 2. The maximum Gasteiger partial charge on any atom is 2.00 e. The summed E-state index contributed by atoms with van der Waals surface area (Å²) < 4.78 is 0. The average Bonchev–Trinajstić information content (AvgIpc) is 3.53. The van der Waals surface area contributed by atoms with Crippen molar-refractivity contribution in [1.29, 1.82) is 0 Å². The Hall–Kier alpha value is -2.54.